The van der Waals surface area contributed by atoms with Crippen molar-refractivity contribution in [1.29, 1.82) is 0 Å². The first-order valence-electron chi connectivity index (χ1n) is 6.53. The molecule has 0 spiro atoms. The van der Waals surface area contributed by atoms with Gasteiger partial charge in [-0.05, 0) is 37.9 Å². The van der Waals surface area contributed by atoms with Gasteiger partial charge in [0.15, 0.2) is 0 Å². The zero-order chi connectivity index (χ0) is 11.7. The summed E-state index contributed by atoms with van der Waals surface area (Å²) in [6.45, 7) is 4.83. The number of nitrogens with two attached hydrogens (primary N) is 1. The molecule has 1 unspecified atom stereocenters. The molecule has 2 N–H and O–H groups in total. The van der Waals surface area contributed by atoms with Crippen LogP contribution in [0.15, 0.2) is 18.3 Å². The highest BCUT2D eigenvalue weighted by atomic mass is 15.3. The molecule has 0 aromatic carbocycles. The van der Waals surface area contributed by atoms with Gasteiger partial charge in [-0.2, -0.15) is 0 Å². The molecule has 0 amide bonds. The smallest absolute Gasteiger partial charge is 0.123 e. The van der Waals surface area contributed by atoms with Gasteiger partial charge in [0.1, 0.15) is 5.82 Å². The van der Waals surface area contributed by atoms with Gasteiger partial charge < -0.3 is 10.6 Å². The van der Waals surface area contributed by atoms with Crippen molar-refractivity contribution in [3.05, 3.63) is 18.3 Å². The predicted octanol–water partition coefficient (Wildman–Crippen LogP) is 1.34. The largest absolute Gasteiger partial charge is 0.384 e. The molecule has 0 radical (unpaired) electrons. The monoisotopic (exact) mass is 232 g/mol. The minimum absolute atomic E-state index is 0.603. The third-order valence-electron chi connectivity index (χ3n) is 3.94. The Balaban J connectivity index is 1.76. The van der Waals surface area contributed by atoms with E-state index < -0.39 is 0 Å². The molecule has 0 aliphatic carbocycles. The van der Waals surface area contributed by atoms with E-state index in [1.165, 1.54) is 38.0 Å². The molecule has 1 aromatic heterocycles. The summed E-state index contributed by atoms with van der Waals surface area (Å²) in [5.74, 6) is 0.603. The fourth-order valence-electron chi connectivity index (χ4n) is 3.03. The Labute approximate surface area is 102 Å². The van der Waals surface area contributed by atoms with Crippen LogP contribution in [0.4, 0.5) is 11.5 Å². The van der Waals surface area contributed by atoms with Crippen LogP contribution in [0.1, 0.15) is 19.3 Å². The first-order chi connectivity index (χ1) is 8.33. The van der Waals surface area contributed by atoms with Gasteiger partial charge in [-0.15, -0.1) is 0 Å². The highest BCUT2D eigenvalue weighted by Gasteiger charge is 2.28. The number of nitrogens with zero attached hydrogens (tertiary/aromatic N) is 3. The average Bonchev–Trinajstić information content (AvgIpc) is 2.68. The van der Waals surface area contributed by atoms with E-state index in [4.69, 9.17) is 5.73 Å². The van der Waals surface area contributed by atoms with Crippen LogP contribution >= 0.6 is 0 Å². The standard InChI is InChI=1S/C13H20N4/c14-13-5-4-11(9-15-13)17-8-2-7-16-6-1-3-12(16)10-17/h4-5,9,12H,1-3,6-8,10H2,(H2,14,15). The second-order valence-corrected chi connectivity index (χ2v) is 5.07. The van der Waals surface area contributed by atoms with E-state index in [1.807, 2.05) is 12.3 Å². The molecule has 17 heavy (non-hydrogen) atoms. The van der Waals surface area contributed by atoms with E-state index in [1.54, 1.807) is 0 Å². The summed E-state index contributed by atoms with van der Waals surface area (Å²) < 4.78 is 0. The van der Waals surface area contributed by atoms with Crippen LogP contribution in [0.3, 0.4) is 0 Å². The molecule has 92 valence electrons. The molecule has 2 fully saturated rings. The fraction of sp³-hybridized carbons (Fsp3) is 0.615. The number of fused-ring (bicyclic) bond motifs is 1. The van der Waals surface area contributed by atoms with Crippen LogP contribution in [0, 0.1) is 0 Å². The van der Waals surface area contributed by atoms with E-state index in [0.717, 1.165) is 19.1 Å². The van der Waals surface area contributed by atoms with Crippen molar-refractivity contribution in [2.75, 3.05) is 36.8 Å². The number of hydrogen-bond donors (Lipinski definition) is 1. The molecule has 4 nitrogen and oxygen atoms in total. The normalized spacial score (nSPS) is 25.6. The molecule has 2 aliphatic rings. The molecule has 1 aromatic rings. The fourth-order valence-corrected chi connectivity index (χ4v) is 3.03. The Morgan fingerprint density at radius 1 is 1.18 bits per heavy atom. The van der Waals surface area contributed by atoms with Gasteiger partial charge in [-0.3, -0.25) is 4.90 Å². The third-order valence-corrected chi connectivity index (χ3v) is 3.94. The zero-order valence-corrected chi connectivity index (χ0v) is 10.2. The van der Waals surface area contributed by atoms with Crippen molar-refractivity contribution in [1.82, 2.24) is 9.88 Å². The van der Waals surface area contributed by atoms with E-state index >= 15 is 0 Å². The van der Waals surface area contributed by atoms with Crippen molar-refractivity contribution in [2.45, 2.75) is 25.3 Å². The topological polar surface area (TPSA) is 45.4 Å². The summed E-state index contributed by atoms with van der Waals surface area (Å²) in [6.07, 6.45) is 5.86. The third kappa shape index (κ3) is 2.22. The molecule has 4 heteroatoms. The molecular formula is C13H20N4. The van der Waals surface area contributed by atoms with Crippen LogP contribution in [-0.2, 0) is 0 Å². The quantitative estimate of drug-likeness (QED) is 0.793. The van der Waals surface area contributed by atoms with Gasteiger partial charge in [0, 0.05) is 25.7 Å². The number of anilines is 2. The lowest BCUT2D eigenvalue weighted by atomic mass is 10.2. The van der Waals surface area contributed by atoms with Gasteiger partial charge in [0.05, 0.1) is 11.9 Å². The minimum atomic E-state index is 0.603. The molecular weight excluding hydrogens is 212 g/mol. The lowest BCUT2D eigenvalue weighted by molar-refractivity contribution is 0.273. The van der Waals surface area contributed by atoms with Gasteiger partial charge in [-0.25, -0.2) is 4.98 Å². The average molecular weight is 232 g/mol. The SMILES string of the molecule is Nc1ccc(N2CCCN3CCCC3C2)cn1. The van der Waals surface area contributed by atoms with E-state index in [2.05, 4.69) is 20.9 Å². The first-order valence-corrected chi connectivity index (χ1v) is 6.53. The maximum atomic E-state index is 5.63. The Morgan fingerprint density at radius 2 is 2.06 bits per heavy atom. The van der Waals surface area contributed by atoms with Crippen molar-refractivity contribution < 1.29 is 0 Å². The zero-order valence-electron chi connectivity index (χ0n) is 10.2. The molecule has 3 heterocycles. The van der Waals surface area contributed by atoms with E-state index in [-0.39, 0.29) is 0 Å². The number of nitrogen functional groups attached to an aromatic ring is 1. The van der Waals surface area contributed by atoms with Crippen LogP contribution < -0.4 is 10.6 Å². The molecule has 2 saturated heterocycles. The molecule has 1 atom stereocenters. The van der Waals surface area contributed by atoms with Gasteiger partial charge in [0.25, 0.3) is 0 Å². The van der Waals surface area contributed by atoms with E-state index in [9.17, 15) is 0 Å². The second-order valence-electron chi connectivity index (χ2n) is 5.07. The Hall–Kier alpha value is -1.29. The van der Waals surface area contributed by atoms with Gasteiger partial charge in [-0.1, -0.05) is 0 Å². The van der Waals surface area contributed by atoms with Crippen molar-refractivity contribution in [2.24, 2.45) is 0 Å². The summed E-state index contributed by atoms with van der Waals surface area (Å²) >= 11 is 0. The molecule has 0 bridgehead atoms. The number of aromatic nitrogens is 1. The van der Waals surface area contributed by atoms with Gasteiger partial charge in [0.2, 0.25) is 0 Å². The second kappa shape index (κ2) is 4.53. The highest BCUT2D eigenvalue weighted by molar-refractivity contribution is 5.48. The maximum absolute atomic E-state index is 5.63. The summed E-state index contributed by atoms with van der Waals surface area (Å²) in [7, 11) is 0. The minimum Gasteiger partial charge on any atom is -0.384 e. The predicted molar refractivity (Wildman–Crippen MR) is 70.1 cm³/mol. The first kappa shape index (κ1) is 10.8. The van der Waals surface area contributed by atoms with Crippen molar-refractivity contribution >= 4 is 11.5 Å². The lowest BCUT2D eigenvalue weighted by Crippen LogP contribution is -2.36. The van der Waals surface area contributed by atoms with Crippen LogP contribution in [0.25, 0.3) is 0 Å². The number of pyridine rings is 1. The Bertz CT molecular complexity index is 376. The highest BCUT2D eigenvalue weighted by Crippen LogP contribution is 2.24. The molecule has 0 saturated carbocycles. The van der Waals surface area contributed by atoms with Crippen LogP contribution in [-0.4, -0.2) is 42.1 Å². The summed E-state index contributed by atoms with van der Waals surface area (Å²) in [5.41, 5.74) is 6.85. The summed E-state index contributed by atoms with van der Waals surface area (Å²) in [4.78, 5) is 9.30. The van der Waals surface area contributed by atoms with E-state index in [0.29, 0.717) is 5.82 Å². The lowest BCUT2D eigenvalue weighted by Gasteiger charge is -2.27. The van der Waals surface area contributed by atoms with Crippen molar-refractivity contribution in [3.8, 4) is 0 Å². The Kier molecular flexibility index (Phi) is 2.89. The van der Waals surface area contributed by atoms with Crippen molar-refractivity contribution in [3.63, 3.8) is 0 Å². The number of hydrogen-bond acceptors (Lipinski definition) is 4. The number of rotatable bonds is 1. The molecule has 3 rings (SSSR count). The van der Waals surface area contributed by atoms with Crippen LogP contribution in [0.2, 0.25) is 0 Å². The van der Waals surface area contributed by atoms with Gasteiger partial charge >= 0.3 is 0 Å². The summed E-state index contributed by atoms with van der Waals surface area (Å²) in [5, 5.41) is 0. The Morgan fingerprint density at radius 3 is 2.88 bits per heavy atom. The van der Waals surface area contributed by atoms with Crippen LogP contribution in [0.5, 0.6) is 0 Å². The maximum Gasteiger partial charge on any atom is 0.123 e. The summed E-state index contributed by atoms with van der Waals surface area (Å²) in [6, 6.07) is 4.73. The molecule has 2 aliphatic heterocycles.